The van der Waals surface area contributed by atoms with E-state index < -0.39 is 0 Å². The van der Waals surface area contributed by atoms with Crippen LogP contribution in [0.2, 0.25) is 0 Å². The second-order valence-corrected chi connectivity index (χ2v) is 6.29. The molecule has 1 aliphatic heterocycles. The predicted molar refractivity (Wildman–Crippen MR) is 83.0 cm³/mol. The Morgan fingerprint density at radius 3 is 2.71 bits per heavy atom. The largest absolute Gasteiger partial charge is 0.357 e. The molecule has 116 valence electrons. The lowest BCUT2D eigenvalue weighted by atomic mass is 9.96. The highest BCUT2D eigenvalue weighted by Crippen LogP contribution is 2.28. The lowest BCUT2D eigenvalue weighted by molar-refractivity contribution is -0.121. The van der Waals surface area contributed by atoms with Crippen LogP contribution in [0.5, 0.6) is 0 Å². The Kier molecular flexibility index (Phi) is 4.32. The molecule has 1 aromatic heterocycles. The number of carbonyl (C=O) groups excluding carboxylic acids is 1. The Hall–Kier alpha value is -1.89. The average Bonchev–Trinajstić information content (AvgIpc) is 2.94. The van der Waals surface area contributed by atoms with E-state index in [2.05, 4.69) is 20.7 Å². The molecule has 1 amide bonds. The predicted octanol–water partition coefficient (Wildman–Crippen LogP) is 0.774. The number of hydrogen-bond acceptors (Lipinski definition) is 6. The maximum atomic E-state index is 12.0. The molecule has 7 nitrogen and oxygen atoms in total. The van der Waals surface area contributed by atoms with Gasteiger partial charge in [-0.15, -0.1) is 0 Å². The summed E-state index contributed by atoms with van der Waals surface area (Å²) in [5, 5.41) is 2.72. The molecule has 0 aromatic carbocycles. The van der Waals surface area contributed by atoms with Gasteiger partial charge in [0.2, 0.25) is 5.91 Å². The van der Waals surface area contributed by atoms with Crippen molar-refractivity contribution in [2.75, 3.05) is 23.9 Å². The first kappa shape index (κ1) is 15.5. The van der Waals surface area contributed by atoms with E-state index in [0.29, 0.717) is 11.6 Å². The number of hydrogen-bond donors (Lipinski definition) is 3. The normalized spacial score (nSPS) is 18.7. The quantitative estimate of drug-likeness (QED) is 0.562. The Balaban J connectivity index is 2.40. The number of hydrazine groups is 1. The molecule has 2 rings (SSSR count). The maximum absolute atomic E-state index is 12.0. The number of likely N-dealkylation sites (N-methyl/N-ethyl adjacent to an activating group) is 1. The van der Waals surface area contributed by atoms with Crippen LogP contribution in [0.4, 0.5) is 11.6 Å². The zero-order chi connectivity index (χ0) is 15.6. The SMILES string of the molecule is CNC(=O)C1CCCN1c1cc(NN)nc(C(C)(C)C)n1. The molecule has 1 aliphatic rings. The molecule has 1 atom stereocenters. The van der Waals surface area contributed by atoms with Crippen molar-refractivity contribution in [3.63, 3.8) is 0 Å². The summed E-state index contributed by atoms with van der Waals surface area (Å²) in [6.07, 6.45) is 1.80. The zero-order valence-corrected chi connectivity index (χ0v) is 13.1. The van der Waals surface area contributed by atoms with Crippen LogP contribution in [0.1, 0.15) is 39.4 Å². The van der Waals surface area contributed by atoms with E-state index in [1.54, 1.807) is 13.1 Å². The van der Waals surface area contributed by atoms with E-state index in [9.17, 15) is 4.79 Å². The minimum absolute atomic E-state index is 0.0191. The van der Waals surface area contributed by atoms with E-state index in [1.807, 2.05) is 25.7 Å². The fourth-order valence-corrected chi connectivity index (χ4v) is 2.47. The van der Waals surface area contributed by atoms with Gasteiger partial charge in [0.25, 0.3) is 0 Å². The standard InChI is InChI=1S/C14H24N6O/c1-14(2,3)13-17-10(19-15)8-11(18-13)20-7-5-6-9(20)12(21)16-4/h8-9H,5-7,15H2,1-4H3,(H,16,21)(H,17,18,19). The molecule has 21 heavy (non-hydrogen) atoms. The number of amides is 1. The number of nitrogens with two attached hydrogens (primary N) is 1. The van der Waals surface area contributed by atoms with Gasteiger partial charge in [-0.3, -0.25) is 4.79 Å². The van der Waals surface area contributed by atoms with Gasteiger partial charge in [0.15, 0.2) is 0 Å². The molecule has 0 spiro atoms. The van der Waals surface area contributed by atoms with Crippen LogP contribution in [-0.2, 0) is 10.2 Å². The highest BCUT2D eigenvalue weighted by Gasteiger charge is 2.32. The molecular weight excluding hydrogens is 268 g/mol. The number of nitrogens with one attached hydrogen (secondary N) is 2. The number of aromatic nitrogens is 2. The minimum atomic E-state index is -0.191. The molecule has 0 aliphatic carbocycles. The lowest BCUT2D eigenvalue weighted by Crippen LogP contribution is -2.42. The van der Waals surface area contributed by atoms with E-state index in [1.165, 1.54) is 0 Å². The Morgan fingerprint density at radius 1 is 1.43 bits per heavy atom. The number of nitrogen functional groups attached to an aromatic ring is 1. The Bertz CT molecular complexity index is 525. The molecule has 4 N–H and O–H groups in total. The third kappa shape index (κ3) is 3.24. The highest BCUT2D eigenvalue weighted by atomic mass is 16.2. The van der Waals surface area contributed by atoms with E-state index in [4.69, 9.17) is 5.84 Å². The second kappa shape index (κ2) is 5.85. The second-order valence-electron chi connectivity index (χ2n) is 6.29. The lowest BCUT2D eigenvalue weighted by Gasteiger charge is -2.26. The molecule has 1 fully saturated rings. The summed E-state index contributed by atoms with van der Waals surface area (Å²) in [5.74, 6) is 7.54. The topological polar surface area (TPSA) is 96.2 Å². The third-order valence-electron chi connectivity index (χ3n) is 3.63. The Labute approximate surface area is 125 Å². The molecule has 0 radical (unpaired) electrons. The van der Waals surface area contributed by atoms with Crippen molar-refractivity contribution in [2.24, 2.45) is 5.84 Å². The fraction of sp³-hybridized carbons (Fsp3) is 0.643. The summed E-state index contributed by atoms with van der Waals surface area (Å²) in [6.45, 7) is 6.95. The summed E-state index contributed by atoms with van der Waals surface area (Å²) >= 11 is 0. The number of nitrogens with zero attached hydrogens (tertiary/aromatic N) is 3. The van der Waals surface area contributed by atoms with Gasteiger partial charge in [-0.2, -0.15) is 0 Å². The summed E-state index contributed by atoms with van der Waals surface area (Å²) in [7, 11) is 1.66. The van der Waals surface area contributed by atoms with Gasteiger partial charge >= 0.3 is 0 Å². The molecular formula is C14H24N6O. The highest BCUT2D eigenvalue weighted by molar-refractivity contribution is 5.85. The van der Waals surface area contributed by atoms with Gasteiger partial charge in [0.05, 0.1) is 0 Å². The van der Waals surface area contributed by atoms with Crippen LogP contribution in [0.25, 0.3) is 0 Å². The van der Waals surface area contributed by atoms with Crippen molar-refractivity contribution in [3.05, 3.63) is 11.9 Å². The van der Waals surface area contributed by atoms with Gasteiger partial charge in [-0.1, -0.05) is 20.8 Å². The first-order valence-electron chi connectivity index (χ1n) is 7.21. The molecule has 1 aromatic rings. The molecule has 0 saturated carbocycles. The van der Waals surface area contributed by atoms with Crippen molar-refractivity contribution >= 4 is 17.5 Å². The minimum Gasteiger partial charge on any atom is -0.357 e. The number of rotatable bonds is 3. The first-order valence-corrected chi connectivity index (χ1v) is 7.21. The summed E-state index contributed by atoms with van der Waals surface area (Å²) in [5.41, 5.74) is 2.39. The molecule has 7 heteroatoms. The van der Waals surface area contributed by atoms with Crippen LogP contribution in [0.15, 0.2) is 6.07 Å². The van der Waals surface area contributed by atoms with E-state index in [0.717, 1.165) is 25.2 Å². The summed E-state index contributed by atoms with van der Waals surface area (Å²) in [4.78, 5) is 23.1. The van der Waals surface area contributed by atoms with Gasteiger partial charge in [0, 0.05) is 25.1 Å². The average molecular weight is 292 g/mol. The van der Waals surface area contributed by atoms with Crippen molar-refractivity contribution in [1.82, 2.24) is 15.3 Å². The van der Waals surface area contributed by atoms with Crippen LogP contribution < -0.4 is 21.5 Å². The smallest absolute Gasteiger partial charge is 0.242 e. The van der Waals surface area contributed by atoms with Crippen LogP contribution >= 0.6 is 0 Å². The van der Waals surface area contributed by atoms with Gasteiger partial charge in [-0.05, 0) is 12.8 Å². The molecule has 0 bridgehead atoms. The van der Waals surface area contributed by atoms with Crippen molar-refractivity contribution in [2.45, 2.75) is 45.1 Å². The monoisotopic (exact) mass is 292 g/mol. The van der Waals surface area contributed by atoms with Gasteiger partial charge < -0.3 is 15.6 Å². The van der Waals surface area contributed by atoms with E-state index >= 15 is 0 Å². The number of anilines is 2. The van der Waals surface area contributed by atoms with Crippen LogP contribution in [0, 0.1) is 0 Å². The molecule has 2 heterocycles. The Morgan fingerprint density at radius 2 is 2.14 bits per heavy atom. The van der Waals surface area contributed by atoms with E-state index in [-0.39, 0.29) is 17.4 Å². The first-order chi connectivity index (χ1) is 9.86. The van der Waals surface area contributed by atoms with Crippen LogP contribution in [0.3, 0.4) is 0 Å². The fourth-order valence-electron chi connectivity index (χ4n) is 2.47. The zero-order valence-electron chi connectivity index (χ0n) is 13.1. The molecule has 1 unspecified atom stereocenters. The van der Waals surface area contributed by atoms with Gasteiger partial charge in [0.1, 0.15) is 23.5 Å². The summed E-state index contributed by atoms with van der Waals surface area (Å²) < 4.78 is 0. The molecule has 1 saturated heterocycles. The maximum Gasteiger partial charge on any atom is 0.242 e. The van der Waals surface area contributed by atoms with Crippen LogP contribution in [-0.4, -0.2) is 35.5 Å². The van der Waals surface area contributed by atoms with Gasteiger partial charge in [-0.25, -0.2) is 15.8 Å². The van der Waals surface area contributed by atoms with Crippen molar-refractivity contribution in [1.29, 1.82) is 0 Å². The summed E-state index contributed by atoms with van der Waals surface area (Å²) in [6, 6.07) is 1.61. The van der Waals surface area contributed by atoms with Crippen molar-refractivity contribution in [3.8, 4) is 0 Å². The van der Waals surface area contributed by atoms with Crippen molar-refractivity contribution < 1.29 is 4.79 Å². The number of carbonyl (C=O) groups is 1. The third-order valence-corrected chi connectivity index (χ3v) is 3.63.